The first-order valence-electron chi connectivity index (χ1n) is 9.76. The highest BCUT2D eigenvalue weighted by Crippen LogP contribution is 2.32. The third-order valence-corrected chi connectivity index (χ3v) is 5.50. The molecule has 0 radical (unpaired) electrons. The Balaban J connectivity index is 1.48. The van der Waals surface area contributed by atoms with Gasteiger partial charge < -0.3 is 14.2 Å². The lowest BCUT2D eigenvalue weighted by atomic mass is 9.91. The van der Waals surface area contributed by atoms with Crippen LogP contribution in [0.3, 0.4) is 0 Å². The van der Waals surface area contributed by atoms with Crippen LogP contribution in [0.2, 0.25) is 0 Å². The van der Waals surface area contributed by atoms with Crippen molar-refractivity contribution in [1.29, 1.82) is 0 Å². The minimum atomic E-state index is -0.0363. The number of amides is 1. The maximum Gasteiger partial charge on any atom is 0.259 e. The first kappa shape index (κ1) is 19.1. The summed E-state index contributed by atoms with van der Waals surface area (Å²) in [6, 6.07) is 7.63. The molecule has 1 saturated heterocycles. The van der Waals surface area contributed by atoms with Gasteiger partial charge in [0.15, 0.2) is 0 Å². The smallest absolute Gasteiger partial charge is 0.259 e. The van der Waals surface area contributed by atoms with E-state index < -0.39 is 0 Å². The fourth-order valence-corrected chi connectivity index (χ4v) is 3.99. The molecule has 29 heavy (non-hydrogen) atoms. The molecule has 0 aromatic carbocycles. The van der Waals surface area contributed by atoms with Crippen LogP contribution in [0, 0.1) is 13.8 Å². The number of carbonyl (C=O) groups is 1. The molecule has 1 amide bonds. The summed E-state index contributed by atoms with van der Waals surface area (Å²) in [6.07, 6.45) is 5.20. The van der Waals surface area contributed by atoms with Crippen LogP contribution in [0.25, 0.3) is 11.1 Å². The number of rotatable bonds is 4. The van der Waals surface area contributed by atoms with Crippen LogP contribution in [0.1, 0.15) is 46.3 Å². The van der Waals surface area contributed by atoms with Gasteiger partial charge in [0.25, 0.3) is 5.91 Å². The predicted octanol–water partition coefficient (Wildman–Crippen LogP) is 3.78. The van der Waals surface area contributed by atoms with Crippen LogP contribution in [-0.4, -0.2) is 46.1 Å². The Hall–Kier alpha value is -3.22. The number of ether oxygens (including phenoxy) is 1. The largest absolute Gasteiger partial charge is 0.480 e. The molecule has 7 heteroatoms. The number of hydrogen-bond acceptors (Lipinski definition) is 6. The van der Waals surface area contributed by atoms with E-state index in [1.54, 1.807) is 18.3 Å². The highest BCUT2D eigenvalue weighted by Gasteiger charge is 2.27. The topological polar surface area (TPSA) is 81.4 Å². The average Bonchev–Trinajstić information content (AvgIpc) is 3.11. The summed E-state index contributed by atoms with van der Waals surface area (Å²) < 4.78 is 10.5. The van der Waals surface area contributed by atoms with E-state index in [0.29, 0.717) is 30.5 Å². The molecule has 1 fully saturated rings. The zero-order valence-electron chi connectivity index (χ0n) is 16.9. The second-order valence-electron chi connectivity index (χ2n) is 7.30. The molecule has 0 unspecified atom stereocenters. The normalized spacial score (nSPS) is 14.8. The van der Waals surface area contributed by atoms with Crippen LogP contribution in [-0.2, 0) is 0 Å². The first-order chi connectivity index (χ1) is 14.1. The van der Waals surface area contributed by atoms with Gasteiger partial charge in [0, 0.05) is 42.7 Å². The van der Waals surface area contributed by atoms with Crippen molar-refractivity contribution in [2.45, 2.75) is 32.6 Å². The molecule has 3 aromatic heterocycles. The summed E-state index contributed by atoms with van der Waals surface area (Å²) in [5, 5.41) is 4.05. The van der Waals surface area contributed by atoms with Crippen LogP contribution < -0.4 is 4.74 Å². The molecule has 0 saturated carbocycles. The average molecular weight is 392 g/mol. The van der Waals surface area contributed by atoms with Gasteiger partial charge in [-0.15, -0.1) is 0 Å². The molecule has 1 aliphatic heterocycles. The summed E-state index contributed by atoms with van der Waals surface area (Å²) in [7, 11) is 1.53. The number of methoxy groups -OCH3 is 1. The minimum absolute atomic E-state index is 0.0363. The zero-order valence-corrected chi connectivity index (χ0v) is 16.9. The van der Waals surface area contributed by atoms with Gasteiger partial charge in [-0.2, -0.15) is 0 Å². The van der Waals surface area contributed by atoms with Crippen molar-refractivity contribution >= 4 is 5.91 Å². The van der Waals surface area contributed by atoms with Gasteiger partial charge in [-0.1, -0.05) is 5.16 Å². The van der Waals surface area contributed by atoms with E-state index in [1.165, 1.54) is 7.11 Å². The van der Waals surface area contributed by atoms with Gasteiger partial charge in [-0.25, -0.2) is 4.98 Å². The quantitative estimate of drug-likeness (QED) is 0.672. The molecule has 0 aliphatic carbocycles. The van der Waals surface area contributed by atoms with Gasteiger partial charge in [0.1, 0.15) is 11.3 Å². The Bertz CT molecular complexity index is 1000. The lowest BCUT2D eigenvalue weighted by Crippen LogP contribution is -2.38. The van der Waals surface area contributed by atoms with Gasteiger partial charge in [-0.3, -0.25) is 9.78 Å². The fourth-order valence-electron chi connectivity index (χ4n) is 3.99. The summed E-state index contributed by atoms with van der Waals surface area (Å²) in [5.41, 5.74) is 4.54. The molecule has 1 aliphatic rings. The molecular weight excluding hydrogens is 368 g/mol. The monoisotopic (exact) mass is 392 g/mol. The molecule has 3 aromatic rings. The molecule has 0 atom stereocenters. The van der Waals surface area contributed by atoms with Crippen molar-refractivity contribution in [3.63, 3.8) is 0 Å². The van der Waals surface area contributed by atoms with Crippen molar-refractivity contribution in [3.05, 3.63) is 59.4 Å². The maximum atomic E-state index is 12.9. The molecule has 0 N–H and O–H groups in total. The summed E-state index contributed by atoms with van der Waals surface area (Å²) >= 11 is 0. The van der Waals surface area contributed by atoms with Crippen molar-refractivity contribution < 1.29 is 14.1 Å². The van der Waals surface area contributed by atoms with E-state index in [4.69, 9.17) is 9.26 Å². The van der Waals surface area contributed by atoms with E-state index in [9.17, 15) is 4.79 Å². The maximum absolute atomic E-state index is 12.9. The van der Waals surface area contributed by atoms with Gasteiger partial charge in [0.2, 0.25) is 5.88 Å². The molecule has 0 bridgehead atoms. The molecular formula is C22H24N4O3. The SMILES string of the molecule is COc1ncccc1C(=O)N1CCC(c2cc(-c3c(C)noc3C)ccn2)CC1. The Morgan fingerprint density at radius 1 is 1.17 bits per heavy atom. The van der Waals surface area contributed by atoms with E-state index in [-0.39, 0.29) is 5.91 Å². The Morgan fingerprint density at radius 3 is 2.66 bits per heavy atom. The van der Waals surface area contributed by atoms with Gasteiger partial charge >= 0.3 is 0 Å². The lowest BCUT2D eigenvalue weighted by molar-refractivity contribution is 0.0708. The van der Waals surface area contributed by atoms with Crippen molar-refractivity contribution in [2.75, 3.05) is 20.2 Å². The van der Waals surface area contributed by atoms with Gasteiger partial charge in [0.05, 0.1) is 12.8 Å². The number of pyridine rings is 2. The molecule has 4 heterocycles. The number of hydrogen-bond donors (Lipinski definition) is 0. The molecule has 0 spiro atoms. The zero-order chi connectivity index (χ0) is 20.4. The Morgan fingerprint density at radius 2 is 1.97 bits per heavy atom. The number of carbonyl (C=O) groups excluding carboxylic acids is 1. The second-order valence-corrected chi connectivity index (χ2v) is 7.30. The Labute approximate surface area is 169 Å². The molecule has 4 rings (SSSR count). The summed E-state index contributed by atoms with van der Waals surface area (Å²) in [5.74, 6) is 1.46. The fraction of sp³-hybridized carbons (Fsp3) is 0.364. The molecule has 150 valence electrons. The molecule has 7 nitrogen and oxygen atoms in total. The van der Waals surface area contributed by atoms with Crippen LogP contribution in [0.4, 0.5) is 0 Å². The van der Waals surface area contributed by atoms with E-state index in [0.717, 1.165) is 41.1 Å². The lowest BCUT2D eigenvalue weighted by Gasteiger charge is -2.32. The van der Waals surface area contributed by atoms with Crippen molar-refractivity contribution in [1.82, 2.24) is 20.0 Å². The highest BCUT2D eigenvalue weighted by atomic mass is 16.5. The summed E-state index contributed by atoms with van der Waals surface area (Å²) in [4.78, 5) is 23.5. The third kappa shape index (κ3) is 3.72. The first-order valence-corrected chi connectivity index (χ1v) is 9.76. The van der Waals surface area contributed by atoms with Crippen LogP contribution in [0.15, 0.2) is 41.2 Å². The van der Waals surface area contributed by atoms with Crippen LogP contribution >= 0.6 is 0 Å². The summed E-state index contributed by atoms with van der Waals surface area (Å²) in [6.45, 7) is 5.23. The number of likely N-dealkylation sites (tertiary alicyclic amines) is 1. The number of aryl methyl sites for hydroxylation is 2. The van der Waals surface area contributed by atoms with Crippen molar-refractivity contribution in [2.24, 2.45) is 0 Å². The van der Waals surface area contributed by atoms with Crippen molar-refractivity contribution in [3.8, 4) is 17.0 Å². The number of nitrogens with zero attached hydrogens (tertiary/aromatic N) is 4. The Kier molecular flexibility index (Phi) is 5.29. The minimum Gasteiger partial charge on any atom is -0.480 e. The van der Waals surface area contributed by atoms with E-state index >= 15 is 0 Å². The second kappa shape index (κ2) is 8.03. The standard InChI is InChI=1S/C22H24N4O3/c1-14-20(15(2)29-25-14)17-6-10-23-19(13-17)16-7-11-26(12-8-16)22(27)18-5-4-9-24-21(18)28-3/h4-6,9-10,13,16H,7-8,11-12H2,1-3H3. The number of piperidine rings is 1. The van der Waals surface area contributed by atoms with E-state index in [2.05, 4.69) is 21.2 Å². The van der Waals surface area contributed by atoms with Gasteiger partial charge in [-0.05, 0) is 56.5 Å². The van der Waals surface area contributed by atoms with Crippen LogP contribution in [0.5, 0.6) is 5.88 Å². The predicted molar refractivity (Wildman–Crippen MR) is 108 cm³/mol. The third-order valence-electron chi connectivity index (χ3n) is 5.50. The highest BCUT2D eigenvalue weighted by molar-refractivity contribution is 5.96. The van der Waals surface area contributed by atoms with E-state index in [1.807, 2.05) is 31.0 Å². The number of aromatic nitrogens is 3.